The molecule has 0 amide bonds. The van der Waals surface area contributed by atoms with Crippen LogP contribution in [-0.4, -0.2) is 38.9 Å². The van der Waals surface area contributed by atoms with Crippen LogP contribution in [0.3, 0.4) is 0 Å². The summed E-state index contributed by atoms with van der Waals surface area (Å²) in [6.07, 6.45) is 1.11. The van der Waals surface area contributed by atoms with Crippen LogP contribution < -0.4 is 10.1 Å². The van der Waals surface area contributed by atoms with E-state index in [1.54, 1.807) is 14.2 Å². The summed E-state index contributed by atoms with van der Waals surface area (Å²) in [6.45, 7) is 3.96. The molecule has 3 nitrogen and oxygen atoms in total. The lowest BCUT2D eigenvalue weighted by Crippen LogP contribution is -2.23. The number of hydrogen-bond acceptors (Lipinski definition) is 4. The number of rotatable bonds is 10. The van der Waals surface area contributed by atoms with Gasteiger partial charge in [-0.1, -0.05) is 19.1 Å². The first kappa shape index (κ1) is 16.3. The summed E-state index contributed by atoms with van der Waals surface area (Å²) < 4.78 is 10.4. The van der Waals surface area contributed by atoms with Gasteiger partial charge in [-0.25, -0.2) is 0 Å². The molecule has 0 saturated carbocycles. The lowest BCUT2D eigenvalue weighted by atomic mass is 10.1. The van der Waals surface area contributed by atoms with Crippen LogP contribution >= 0.6 is 11.8 Å². The van der Waals surface area contributed by atoms with Crippen molar-refractivity contribution in [2.75, 3.05) is 38.9 Å². The molecule has 19 heavy (non-hydrogen) atoms. The molecule has 0 aromatic heterocycles. The Morgan fingerprint density at radius 1 is 1.32 bits per heavy atom. The summed E-state index contributed by atoms with van der Waals surface area (Å²) in [5, 5.41) is 3.53. The summed E-state index contributed by atoms with van der Waals surface area (Å²) in [5.41, 5.74) is 1.29. The van der Waals surface area contributed by atoms with E-state index in [1.165, 1.54) is 5.56 Å². The zero-order chi connectivity index (χ0) is 13.9. The van der Waals surface area contributed by atoms with Crippen molar-refractivity contribution in [2.24, 2.45) is 0 Å². The Morgan fingerprint density at radius 3 is 2.84 bits per heavy atom. The number of benzene rings is 1. The molecule has 0 fully saturated rings. The molecule has 1 unspecified atom stereocenters. The van der Waals surface area contributed by atoms with Crippen LogP contribution in [0.25, 0.3) is 0 Å². The molecule has 1 aromatic carbocycles. The third-order valence-corrected chi connectivity index (χ3v) is 4.01. The molecule has 0 spiro atoms. The fourth-order valence-corrected chi connectivity index (χ4v) is 2.92. The summed E-state index contributed by atoms with van der Waals surface area (Å²) in [7, 11) is 3.46. The second kappa shape index (κ2) is 10.1. The fraction of sp³-hybridized carbons (Fsp3) is 0.600. The van der Waals surface area contributed by atoms with E-state index in [4.69, 9.17) is 9.47 Å². The molecule has 1 aromatic rings. The van der Waals surface area contributed by atoms with Crippen LogP contribution in [0.15, 0.2) is 24.3 Å². The summed E-state index contributed by atoms with van der Waals surface area (Å²) in [5.74, 6) is 3.13. The minimum absolute atomic E-state index is 0.382. The number of ether oxygens (including phenoxy) is 2. The predicted octanol–water partition coefficient (Wildman–Crippen LogP) is 3.12. The van der Waals surface area contributed by atoms with E-state index in [2.05, 4.69) is 24.4 Å². The predicted molar refractivity (Wildman–Crippen MR) is 83.2 cm³/mol. The molecule has 0 saturated heterocycles. The maximum absolute atomic E-state index is 5.29. The van der Waals surface area contributed by atoms with Crippen LogP contribution in [0.5, 0.6) is 5.75 Å². The average Bonchev–Trinajstić information content (AvgIpc) is 2.46. The van der Waals surface area contributed by atoms with Gasteiger partial charge in [0.1, 0.15) is 5.75 Å². The smallest absolute Gasteiger partial charge is 0.119 e. The molecule has 0 bridgehead atoms. The Morgan fingerprint density at radius 2 is 2.16 bits per heavy atom. The highest BCUT2D eigenvalue weighted by Crippen LogP contribution is 2.22. The van der Waals surface area contributed by atoms with Crippen molar-refractivity contribution in [1.29, 1.82) is 0 Å². The maximum Gasteiger partial charge on any atom is 0.119 e. The molecular formula is C15H25NO2S. The van der Waals surface area contributed by atoms with Crippen molar-refractivity contribution >= 4 is 11.8 Å². The van der Waals surface area contributed by atoms with E-state index in [-0.39, 0.29) is 0 Å². The van der Waals surface area contributed by atoms with Gasteiger partial charge in [0, 0.05) is 25.5 Å². The lowest BCUT2D eigenvalue weighted by molar-refractivity contribution is 0.200. The molecule has 0 aliphatic rings. The summed E-state index contributed by atoms with van der Waals surface area (Å²) in [6, 6.07) is 8.69. The number of thioether (sulfide) groups is 1. The first-order chi connectivity index (χ1) is 9.31. The Balaban J connectivity index is 2.50. The van der Waals surface area contributed by atoms with E-state index in [0.29, 0.717) is 6.04 Å². The zero-order valence-corrected chi connectivity index (χ0v) is 13.0. The largest absolute Gasteiger partial charge is 0.497 e. The third kappa shape index (κ3) is 6.32. The normalized spacial score (nSPS) is 12.4. The molecule has 4 heteroatoms. The van der Waals surface area contributed by atoms with Crippen LogP contribution in [0.1, 0.15) is 24.9 Å². The first-order valence-corrected chi connectivity index (χ1v) is 7.91. The molecule has 0 aliphatic heterocycles. The first-order valence-electron chi connectivity index (χ1n) is 6.75. The molecule has 1 rings (SSSR count). The van der Waals surface area contributed by atoms with Gasteiger partial charge in [-0.2, -0.15) is 11.8 Å². The number of nitrogens with one attached hydrogen (secondary N) is 1. The van der Waals surface area contributed by atoms with Gasteiger partial charge < -0.3 is 14.8 Å². The van der Waals surface area contributed by atoms with Gasteiger partial charge >= 0.3 is 0 Å². The Bertz CT molecular complexity index is 347. The quantitative estimate of drug-likeness (QED) is 0.668. The zero-order valence-electron chi connectivity index (χ0n) is 12.1. The molecule has 0 radical (unpaired) electrons. The Kier molecular flexibility index (Phi) is 8.71. The fourth-order valence-electron chi connectivity index (χ4n) is 1.88. The van der Waals surface area contributed by atoms with E-state index < -0.39 is 0 Å². The molecule has 0 heterocycles. The van der Waals surface area contributed by atoms with Crippen molar-refractivity contribution in [3.8, 4) is 5.75 Å². The highest BCUT2D eigenvalue weighted by molar-refractivity contribution is 7.99. The van der Waals surface area contributed by atoms with Gasteiger partial charge in [0.15, 0.2) is 0 Å². The van der Waals surface area contributed by atoms with Crippen molar-refractivity contribution in [3.63, 3.8) is 0 Å². The van der Waals surface area contributed by atoms with E-state index in [9.17, 15) is 0 Å². The monoisotopic (exact) mass is 283 g/mol. The van der Waals surface area contributed by atoms with Gasteiger partial charge in [0.05, 0.1) is 7.11 Å². The van der Waals surface area contributed by atoms with Crippen LogP contribution in [0.2, 0.25) is 0 Å². The Hall–Kier alpha value is -0.710. The second-order valence-corrected chi connectivity index (χ2v) is 5.46. The maximum atomic E-state index is 5.29. The highest BCUT2D eigenvalue weighted by Gasteiger charge is 2.10. The molecule has 0 aliphatic carbocycles. The lowest BCUT2D eigenvalue weighted by Gasteiger charge is -2.18. The third-order valence-electron chi connectivity index (χ3n) is 2.87. The van der Waals surface area contributed by atoms with Crippen molar-refractivity contribution in [3.05, 3.63) is 29.8 Å². The van der Waals surface area contributed by atoms with Gasteiger partial charge in [-0.15, -0.1) is 0 Å². The van der Waals surface area contributed by atoms with Crippen molar-refractivity contribution in [1.82, 2.24) is 5.32 Å². The van der Waals surface area contributed by atoms with Crippen molar-refractivity contribution in [2.45, 2.75) is 19.4 Å². The van der Waals surface area contributed by atoms with E-state index in [0.717, 1.165) is 36.8 Å². The molecule has 1 atom stereocenters. The minimum Gasteiger partial charge on any atom is -0.497 e. The topological polar surface area (TPSA) is 30.5 Å². The van der Waals surface area contributed by atoms with E-state index in [1.807, 2.05) is 23.9 Å². The van der Waals surface area contributed by atoms with E-state index >= 15 is 0 Å². The minimum atomic E-state index is 0.382. The van der Waals surface area contributed by atoms with Gasteiger partial charge in [0.2, 0.25) is 0 Å². The standard InChI is InChI=1S/C15H25NO2S/c1-4-16-15(12-19-10-6-9-17-2)13-7-5-8-14(11-13)18-3/h5,7-8,11,15-16H,4,6,9-10,12H2,1-3H3. The summed E-state index contributed by atoms with van der Waals surface area (Å²) in [4.78, 5) is 0. The van der Waals surface area contributed by atoms with Gasteiger partial charge in [-0.3, -0.25) is 0 Å². The SMILES string of the molecule is CCNC(CSCCCOC)c1cccc(OC)c1. The number of hydrogen-bond donors (Lipinski definition) is 1. The van der Waals surface area contributed by atoms with Crippen LogP contribution in [-0.2, 0) is 4.74 Å². The second-order valence-electron chi connectivity index (χ2n) is 4.31. The Labute approximate surface area is 121 Å². The molecular weight excluding hydrogens is 258 g/mol. The van der Waals surface area contributed by atoms with Crippen LogP contribution in [0.4, 0.5) is 0 Å². The molecule has 108 valence electrons. The highest BCUT2D eigenvalue weighted by atomic mass is 32.2. The summed E-state index contributed by atoms with van der Waals surface area (Å²) >= 11 is 1.97. The van der Waals surface area contributed by atoms with Gasteiger partial charge in [-0.05, 0) is 36.4 Å². The number of methoxy groups -OCH3 is 2. The van der Waals surface area contributed by atoms with Gasteiger partial charge in [0.25, 0.3) is 0 Å². The van der Waals surface area contributed by atoms with Crippen LogP contribution in [0, 0.1) is 0 Å². The average molecular weight is 283 g/mol. The molecule has 1 N–H and O–H groups in total. The van der Waals surface area contributed by atoms with Crippen molar-refractivity contribution < 1.29 is 9.47 Å².